The summed E-state index contributed by atoms with van der Waals surface area (Å²) < 4.78 is 24.0. The van der Waals surface area contributed by atoms with Gasteiger partial charge in [-0.2, -0.15) is 0 Å². The second-order valence-electron chi connectivity index (χ2n) is 5.82. The normalized spacial score (nSPS) is 12.3. The van der Waals surface area contributed by atoms with E-state index >= 15 is 0 Å². The van der Waals surface area contributed by atoms with Crippen molar-refractivity contribution in [2.24, 2.45) is 4.99 Å². The molecule has 146 valence electrons. The molecule has 3 N–H and O–H groups in total. The van der Waals surface area contributed by atoms with E-state index in [1.54, 1.807) is 30.5 Å². The van der Waals surface area contributed by atoms with Crippen LogP contribution in [0.5, 0.6) is 5.75 Å². The highest BCUT2D eigenvalue weighted by atomic mass is 19.1. The lowest BCUT2D eigenvalue weighted by atomic mass is 10.3. The molecule has 0 aliphatic rings. The Balaban J connectivity index is 1.77. The Hall–Kier alpha value is -3.03. The molecule has 8 heteroatoms. The number of nitrogens with zero attached hydrogens (tertiary/aromatic N) is 1. The standard InChI is InChI=1S/C19H25FN4O3/c1-3-21-19(24-13-18(25)22-12-17-8-5-9-26-17)23-11-14(2)27-16-7-4-6-15(20)10-16/h4-10,14H,3,11-13H2,1-2H3,(H,22,25)(H2,21,23,24). The van der Waals surface area contributed by atoms with Crippen molar-refractivity contribution in [3.05, 3.63) is 54.2 Å². The van der Waals surface area contributed by atoms with Crippen molar-refractivity contribution in [3.8, 4) is 5.75 Å². The molecule has 0 saturated carbocycles. The lowest BCUT2D eigenvalue weighted by Gasteiger charge is -2.17. The smallest absolute Gasteiger partial charge is 0.242 e. The maximum atomic E-state index is 13.2. The van der Waals surface area contributed by atoms with E-state index in [0.717, 1.165) is 0 Å². The van der Waals surface area contributed by atoms with E-state index in [0.29, 0.717) is 37.1 Å². The molecule has 0 radical (unpaired) electrons. The quantitative estimate of drug-likeness (QED) is 0.461. The second-order valence-corrected chi connectivity index (χ2v) is 5.82. The van der Waals surface area contributed by atoms with Crippen molar-refractivity contribution in [1.82, 2.24) is 16.0 Å². The Morgan fingerprint density at radius 3 is 2.81 bits per heavy atom. The van der Waals surface area contributed by atoms with Crippen LogP contribution < -0.4 is 20.7 Å². The summed E-state index contributed by atoms with van der Waals surface area (Å²) in [5.41, 5.74) is 0. The number of hydrogen-bond donors (Lipinski definition) is 3. The van der Waals surface area contributed by atoms with Gasteiger partial charge in [0.25, 0.3) is 0 Å². The number of aliphatic imine (C=N–C) groups is 1. The molecule has 1 atom stereocenters. The van der Waals surface area contributed by atoms with Crippen molar-refractivity contribution < 1.29 is 18.3 Å². The van der Waals surface area contributed by atoms with Gasteiger partial charge in [0.2, 0.25) is 5.91 Å². The molecule has 7 nitrogen and oxygen atoms in total. The minimum absolute atomic E-state index is 0.0187. The number of benzene rings is 1. The molecule has 1 heterocycles. The van der Waals surface area contributed by atoms with Crippen LogP contribution in [0, 0.1) is 5.82 Å². The highest BCUT2D eigenvalue weighted by Crippen LogP contribution is 2.13. The predicted octanol–water partition coefficient (Wildman–Crippen LogP) is 2.06. The molecule has 2 aromatic rings. The fourth-order valence-electron chi connectivity index (χ4n) is 2.20. The van der Waals surface area contributed by atoms with Crippen LogP contribution in [0.1, 0.15) is 19.6 Å². The molecular formula is C19H25FN4O3. The van der Waals surface area contributed by atoms with Gasteiger partial charge in [0.1, 0.15) is 30.0 Å². The monoisotopic (exact) mass is 376 g/mol. The third kappa shape index (κ3) is 7.81. The lowest BCUT2D eigenvalue weighted by Crippen LogP contribution is -2.42. The van der Waals surface area contributed by atoms with Gasteiger partial charge in [-0.3, -0.25) is 4.79 Å². The van der Waals surface area contributed by atoms with Gasteiger partial charge in [-0.1, -0.05) is 6.07 Å². The Bertz CT molecular complexity index is 734. The van der Waals surface area contributed by atoms with E-state index in [1.165, 1.54) is 12.1 Å². The van der Waals surface area contributed by atoms with E-state index < -0.39 is 0 Å². The highest BCUT2D eigenvalue weighted by molar-refractivity contribution is 5.84. The van der Waals surface area contributed by atoms with Gasteiger partial charge in [-0.25, -0.2) is 9.38 Å². The Morgan fingerprint density at radius 1 is 1.26 bits per heavy atom. The zero-order valence-electron chi connectivity index (χ0n) is 15.5. The molecule has 1 amide bonds. The molecule has 0 saturated heterocycles. The molecule has 0 bridgehead atoms. The molecular weight excluding hydrogens is 351 g/mol. The van der Waals surface area contributed by atoms with Crippen LogP contribution in [0.15, 0.2) is 52.1 Å². The number of hydrogen-bond acceptors (Lipinski definition) is 4. The maximum Gasteiger partial charge on any atom is 0.242 e. The molecule has 2 rings (SSSR count). The van der Waals surface area contributed by atoms with Gasteiger partial charge >= 0.3 is 0 Å². The zero-order valence-corrected chi connectivity index (χ0v) is 15.5. The second kappa shape index (κ2) is 10.8. The Labute approximate surface area is 158 Å². The van der Waals surface area contributed by atoms with E-state index in [9.17, 15) is 9.18 Å². The number of guanidine groups is 1. The molecule has 1 aromatic carbocycles. The summed E-state index contributed by atoms with van der Waals surface area (Å²) in [5, 5.41) is 8.89. The summed E-state index contributed by atoms with van der Waals surface area (Å²) in [6.45, 7) is 5.19. The van der Waals surface area contributed by atoms with Gasteiger partial charge in [0.15, 0.2) is 5.96 Å². The summed E-state index contributed by atoms with van der Waals surface area (Å²) in [6.07, 6.45) is 1.34. The number of halogens is 1. The summed E-state index contributed by atoms with van der Waals surface area (Å²) >= 11 is 0. The number of furan rings is 1. The number of carbonyl (C=O) groups is 1. The summed E-state index contributed by atoms with van der Waals surface area (Å²) in [5.74, 6) is 1.08. The minimum Gasteiger partial charge on any atom is -0.489 e. The average Bonchev–Trinajstić information content (AvgIpc) is 3.16. The molecule has 0 aliphatic heterocycles. The topological polar surface area (TPSA) is 87.9 Å². The third-order valence-corrected chi connectivity index (χ3v) is 3.46. The SMILES string of the molecule is CCNC(=NCC(=O)NCc1ccco1)NCC(C)Oc1cccc(F)c1. The van der Waals surface area contributed by atoms with Crippen molar-refractivity contribution in [1.29, 1.82) is 0 Å². The van der Waals surface area contributed by atoms with E-state index in [1.807, 2.05) is 13.8 Å². The number of carbonyl (C=O) groups excluding carboxylic acids is 1. The van der Waals surface area contributed by atoms with Gasteiger partial charge in [-0.15, -0.1) is 0 Å². The van der Waals surface area contributed by atoms with Crippen LogP contribution >= 0.6 is 0 Å². The van der Waals surface area contributed by atoms with Gasteiger partial charge in [0, 0.05) is 12.6 Å². The Morgan fingerprint density at radius 2 is 2.11 bits per heavy atom. The molecule has 0 spiro atoms. The molecule has 0 fully saturated rings. The molecule has 27 heavy (non-hydrogen) atoms. The third-order valence-electron chi connectivity index (χ3n) is 3.46. The largest absolute Gasteiger partial charge is 0.489 e. The molecule has 1 aromatic heterocycles. The van der Waals surface area contributed by atoms with Gasteiger partial charge in [-0.05, 0) is 38.1 Å². The first kappa shape index (κ1) is 20.3. The lowest BCUT2D eigenvalue weighted by molar-refractivity contribution is -0.119. The van der Waals surface area contributed by atoms with Crippen LogP contribution in [-0.2, 0) is 11.3 Å². The number of ether oxygens (including phenoxy) is 1. The number of amides is 1. The van der Waals surface area contributed by atoms with Crippen LogP contribution in [0.25, 0.3) is 0 Å². The maximum absolute atomic E-state index is 13.2. The van der Waals surface area contributed by atoms with Gasteiger partial charge < -0.3 is 25.1 Å². The summed E-state index contributed by atoms with van der Waals surface area (Å²) in [6, 6.07) is 9.54. The number of rotatable bonds is 9. The first-order valence-corrected chi connectivity index (χ1v) is 8.80. The van der Waals surface area contributed by atoms with Crippen LogP contribution in [0.4, 0.5) is 4.39 Å². The van der Waals surface area contributed by atoms with Crippen LogP contribution in [0.3, 0.4) is 0 Å². The van der Waals surface area contributed by atoms with Gasteiger partial charge in [0.05, 0.1) is 19.4 Å². The van der Waals surface area contributed by atoms with Crippen LogP contribution in [-0.4, -0.2) is 37.6 Å². The van der Waals surface area contributed by atoms with E-state index in [2.05, 4.69) is 20.9 Å². The minimum atomic E-state index is -0.344. The Kier molecular flexibility index (Phi) is 8.15. The summed E-state index contributed by atoms with van der Waals surface area (Å²) in [7, 11) is 0. The summed E-state index contributed by atoms with van der Waals surface area (Å²) in [4.78, 5) is 16.1. The predicted molar refractivity (Wildman–Crippen MR) is 101 cm³/mol. The number of nitrogens with one attached hydrogen (secondary N) is 3. The van der Waals surface area contributed by atoms with E-state index in [4.69, 9.17) is 9.15 Å². The highest BCUT2D eigenvalue weighted by Gasteiger charge is 2.07. The fraction of sp³-hybridized carbons (Fsp3) is 0.368. The molecule has 0 aliphatic carbocycles. The zero-order chi connectivity index (χ0) is 19.5. The van der Waals surface area contributed by atoms with Crippen LogP contribution in [0.2, 0.25) is 0 Å². The first-order valence-electron chi connectivity index (χ1n) is 8.80. The van der Waals surface area contributed by atoms with E-state index in [-0.39, 0.29) is 24.4 Å². The van der Waals surface area contributed by atoms with Crippen molar-refractivity contribution >= 4 is 11.9 Å². The van der Waals surface area contributed by atoms with Crippen molar-refractivity contribution in [2.75, 3.05) is 19.6 Å². The van der Waals surface area contributed by atoms with Crippen molar-refractivity contribution in [2.45, 2.75) is 26.5 Å². The van der Waals surface area contributed by atoms with Crippen molar-refractivity contribution in [3.63, 3.8) is 0 Å². The molecule has 1 unspecified atom stereocenters. The fourth-order valence-corrected chi connectivity index (χ4v) is 2.20. The average molecular weight is 376 g/mol. The first-order chi connectivity index (χ1) is 13.1.